The van der Waals surface area contributed by atoms with Crippen LogP contribution in [0.2, 0.25) is 13.1 Å². The molecule has 0 spiro atoms. The lowest BCUT2D eigenvalue weighted by Gasteiger charge is -2.37. The molecule has 0 bridgehead atoms. The van der Waals surface area contributed by atoms with Crippen molar-refractivity contribution in [2.24, 2.45) is 0 Å². The minimum Gasteiger partial charge on any atom is -0.315 e. The quantitative estimate of drug-likeness (QED) is 0.719. The van der Waals surface area contributed by atoms with E-state index in [0.717, 1.165) is 0 Å². The monoisotopic (exact) mass is 287 g/mol. The van der Waals surface area contributed by atoms with Crippen LogP contribution in [0.15, 0.2) is 17.7 Å². The van der Waals surface area contributed by atoms with Gasteiger partial charge < -0.3 is 4.57 Å². The van der Waals surface area contributed by atoms with E-state index in [-0.39, 0.29) is 0 Å². The summed E-state index contributed by atoms with van der Waals surface area (Å²) >= 11 is 0. The highest BCUT2D eigenvalue weighted by molar-refractivity contribution is 6.52. The van der Waals surface area contributed by atoms with Gasteiger partial charge in [0, 0.05) is 0 Å². The molecule has 0 heterocycles. The fraction of sp³-hybridized carbons (Fsp3) is 0.556. The molecule has 0 aliphatic heterocycles. The Labute approximate surface area is 126 Å². The molecule has 0 radical (unpaired) electrons. The minimum absolute atomic E-state index is 0.510. The molecule has 0 aromatic heterocycles. The third-order valence-electron chi connectivity index (χ3n) is 4.67. The van der Waals surface area contributed by atoms with Crippen LogP contribution in [0.3, 0.4) is 0 Å². The molecule has 0 N–H and O–H groups in total. The summed E-state index contributed by atoms with van der Waals surface area (Å²) in [7, 11) is -0.853. The maximum atomic E-state index is 2.78. The van der Waals surface area contributed by atoms with E-state index < -0.39 is 8.96 Å². The Morgan fingerprint density at radius 3 is 2.15 bits per heavy atom. The number of hydrogen-bond donors (Lipinski definition) is 0. The molecule has 1 aromatic carbocycles. The second-order valence-corrected chi connectivity index (χ2v) is 9.68. The summed E-state index contributed by atoms with van der Waals surface area (Å²) in [6.07, 6.45) is 0. The molecular formula is C18H29NSi. The summed E-state index contributed by atoms with van der Waals surface area (Å²) in [5.41, 5.74) is 8.95. The Bertz CT molecular complexity index is 547. The van der Waals surface area contributed by atoms with Crippen LogP contribution in [0.1, 0.15) is 56.0 Å². The average molecular weight is 288 g/mol. The molecule has 1 nitrogen and oxygen atoms in total. The largest absolute Gasteiger partial charge is 0.315 e. The van der Waals surface area contributed by atoms with Crippen LogP contribution >= 0.6 is 0 Å². The van der Waals surface area contributed by atoms with E-state index in [1.165, 1.54) is 22.3 Å². The van der Waals surface area contributed by atoms with Crippen molar-refractivity contribution < 1.29 is 0 Å². The van der Waals surface area contributed by atoms with Crippen molar-refractivity contribution in [1.29, 1.82) is 0 Å². The number of hydrogen-bond acceptors (Lipinski definition) is 1. The fourth-order valence-electron chi connectivity index (χ4n) is 3.94. The molecule has 0 saturated heterocycles. The van der Waals surface area contributed by atoms with Gasteiger partial charge in [-0.15, -0.1) is 0 Å². The van der Waals surface area contributed by atoms with Crippen LogP contribution < -0.4 is 0 Å². The van der Waals surface area contributed by atoms with E-state index >= 15 is 0 Å². The standard InChI is InChI=1S/C18H29NSi/c1-11(2)19(20(7)8)18-15(6)14(5)17-13(4)9-12(3)10-16(17)18/h9-11,18,20H,1-8H3. The van der Waals surface area contributed by atoms with Gasteiger partial charge in [-0.1, -0.05) is 44.6 Å². The van der Waals surface area contributed by atoms with Gasteiger partial charge in [0.1, 0.15) is 8.96 Å². The molecule has 0 saturated carbocycles. The number of benzene rings is 1. The van der Waals surface area contributed by atoms with Crippen molar-refractivity contribution in [3.05, 3.63) is 40.0 Å². The lowest BCUT2D eigenvalue weighted by molar-refractivity contribution is 0.310. The summed E-state index contributed by atoms with van der Waals surface area (Å²) < 4.78 is 2.78. The zero-order valence-electron chi connectivity index (χ0n) is 14.3. The van der Waals surface area contributed by atoms with Gasteiger partial charge in [-0.05, 0) is 61.6 Å². The van der Waals surface area contributed by atoms with E-state index in [1.807, 2.05) is 0 Å². The van der Waals surface area contributed by atoms with Crippen LogP contribution in [-0.2, 0) is 0 Å². The summed E-state index contributed by atoms with van der Waals surface area (Å²) in [4.78, 5) is 0. The summed E-state index contributed by atoms with van der Waals surface area (Å²) in [5.74, 6) is 0. The van der Waals surface area contributed by atoms with Gasteiger partial charge >= 0.3 is 0 Å². The number of allylic oxidation sites excluding steroid dienone is 1. The number of aryl methyl sites for hydroxylation is 2. The van der Waals surface area contributed by atoms with E-state index in [1.54, 1.807) is 11.1 Å². The normalized spacial score (nSPS) is 18.6. The van der Waals surface area contributed by atoms with Crippen molar-refractivity contribution in [3.8, 4) is 0 Å². The second kappa shape index (κ2) is 5.49. The topological polar surface area (TPSA) is 3.24 Å². The highest BCUT2D eigenvalue weighted by Gasteiger charge is 2.34. The molecule has 20 heavy (non-hydrogen) atoms. The molecule has 1 aromatic rings. The fourth-order valence-corrected chi connectivity index (χ4v) is 6.11. The van der Waals surface area contributed by atoms with Crippen molar-refractivity contribution in [1.82, 2.24) is 4.57 Å². The first-order chi connectivity index (χ1) is 9.25. The van der Waals surface area contributed by atoms with Gasteiger partial charge in [0.05, 0.1) is 6.04 Å². The zero-order chi connectivity index (χ0) is 15.2. The molecule has 0 amide bonds. The highest BCUT2D eigenvalue weighted by atomic mass is 28.3. The lowest BCUT2D eigenvalue weighted by atomic mass is 9.96. The maximum absolute atomic E-state index is 2.78. The van der Waals surface area contributed by atoms with E-state index in [9.17, 15) is 0 Å². The number of fused-ring (bicyclic) bond motifs is 1. The Hall–Kier alpha value is -0.863. The maximum Gasteiger partial charge on any atom is 0.107 e. The molecule has 1 unspecified atom stereocenters. The number of nitrogens with zero attached hydrogens (tertiary/aromatic N) is 1. The van der Waals surface area contributed by atoms with Crippen molar-refractivity contribution in [2.75, 3.05) is 0 Å². The first-order valence-corrected chi connectivity index (χ1v) is 10.6. The molecule has 2 heteroatoms. The first kappa shape index (κ1) is 15.5. The van der Waals surface area contributed by atoms with Gasteiger partial charge in [-0.3, -0.25) is 0 Å². The third kappa shape index (κ3) is 2.40. The molecular weight excluding hydrogens is 258 g/mol. The summed E-state index contributed by atoms with van der Waals surface area (Å²) in [6.45, 7) is 18.7. The van der Waals surface area contributed by atoms with Gasteiger partial charge in [0.15, 0.2) is 0 Å². The Morgan fingerprint density at radius 1 is 1.05 bits per heavy atom. The van der Waals surface area contributed by atoms with Crippen molar-refractivity contribution in [2.45, 2.75) is 66.7 Å². The summed E-state index contributed by atoms with van der Waals surface area (Å²) in [5, 5.41) is 0. The van der Waals surface area contributed by atoms with E-state index in [0.29, 0.717) is 12.1 Å². The SMILES string of the molecule is CC1=C(C)C(N(C(C)C)[SiH](C)C)c2cc(C)cc(C)c21. The average Bonchev–Trinajstić information content (AvgIpc) is 2.53. The predicted molar refractivity (Wildman–Crippen MR) is 92.8 cm³/mol. The Kier molecular flexibility index (Phi) is 4.26. The highest BCUT2D eigenvalue weighted by Crippen LogP contribution is 2.46. The molecule has 110 valence electrons. The van der Waals surface area contributed by atoms with E-state index in [2.05, 4.69) is 71.3 Å². The summed E-state index contributed by atoms with van der Waals surface area (Å²) in [6, 6.07) is 5.86. The van der Waals surface area contributed by atoms with Gasteiger partial charge in [-0.25, -0.2) is 0 Å². The predicted octanol–water partition coefficient (Wildman–Crippen LogP) is 4.85. The smallest absolute Gasteiger partial charge is 0.107 e. The molecule has 1 aliphatic carbocycles. The Balaban J connectivity index is 2.64. The lowest BCUT2D eigenvalue weighted by Crippen LogP contribution is -2.43. The van der Waals surface area contributed by atoms with Gasteiger partial charge in [-0.2, -0.15) is 0 Å². The van der Waals surface area contributed by atoms with Crippen LogP contribution in [0, 0.1) is 13.8 Å². The molecule has 0 fully saturated rings. The van der Waals surface area contributed by atoms with Crippen molar-refractivity contribution in [3.63, 3.8) is 0 Å². The first-order valence-electron chi connectivity index (χ1n) is 7.82. The molecule has 2 rings (SSSR count). The van der Waals surface area contributed by atoms with Crippen LogP contribution in [-0.4, -0.2) is 19.6 Å². The van der Waals surface area contributed by atoms with Crippen LogP contribution in [0.25, 0.3) is 5.57 Å². The van der Waals surface area contributed by atoms with E-state index in [4.69, 9.17) is 0 Å². The second-order valence-electron chi connectivity index (χ2n) is 6.89. The third-order valence-corrected chi connectivity index (χ3v) is 6.76. The minimum atomic E-state index is -0.853. The van der Waals surface area contributed by atoms with Gasteiger partial charge in [0.2, 0.25) is 0 Å². The van der Waals surface area contributed by atoms with Crippen LogP contribution in [0.4, 0.5) is 0 Å². The van der Waals surface area contributed by atoms with Crippen molar-refractivity contribution >= 4 is 14.5 Å². The Morgan fingerprint density at radius 2 is 1.65 bits per heavy atom. The zero-order valence-corrected chi connectivity index (χ0v) is 15.5. The van der Waals surface area contributed by atoms with Crippen LogP contribution in [0.5, 0.6) is 0 Å². The molecule has 1 aliphatic rings. The number of rotatable bonds is 3. The molecule has 1 atom stereocenters. The van der Waals surface area contributed by atoms with Gasteiger partial charge in [0.25, 0.3) is 0 Å².